The normalized spacial score (nSPS) is 25.9. The number of rotatable bonds is 3. The minimum atomic E-state index is -0.292. The molecule has 2 atom stereocenters. The lowest BCUT2D eigenvalue weighted by Crippen LogP contribution is -2.52. The molecular weight excluding hydrogens is 214 g/mol. The second kappa shape index (κ2) is 5.68. The maximum atomic E-state index is 11.8. The molecule has 5 heteroatoms. The van der Waals surface area contributed by atoms with Gasteiger partial charge in [-0.3, -0.25) is 4.79 Å². The summed E-state index contributed by atoms with van der Waals surface area (Å²) in [5.74, 6) is 0.221. The summed E-state index contributed by atoms with van der Waals surface area (Å²) in [6, 6.07) is 0.281. The second-order valence-electron chi connectivity index (χ2n) is 4.72. The molecule has 1 aliphatic heterocycles. The molecule has 90 valence electrons. The first-order valence-electron chi connectivity index (χ1n) is 5.22. The van der Waals surface area contributed by atoms with Crippen molar-refractivity contribution in [3.8, 4) is 0 Å². The molecule has 0 radical (unpaired) electrons. The lowest BCUT2D eigenvalue weighted by Gasteiger charge is -2.27. The smallest absolute Gasteiger partial charge is 0.225 e. The number of nitrogens with one attached hydrogen (secondary N) is 2. The zero-order valence-corrected chi connectivity index (χ0v) is 10.5. The van der Waals surface area contributed by atoms with Gasteiger partial charge in [-0.15, -0.1) is 12.4 Å². The van der Waals surface area contributed by atoms with Gasteiger partial charge in [0.15, 0.2) is 0 Å². The Morgan fingerprint density at radius 2 is 2.20 bits per heavy atom. The molecule has 0 saturated carbocycles. The predicted molar refractivity (Wildman–Crippen MR) is 64.1 cm³/mol. The van der Waals surface area contributed by atoms with Crippen molar-refractivity contribution < 1.29 is 4.79 Å². The van der Waals surface area contributed by atoms with Gasteiger partial charge in [0, 0.05) is 18.1 Å². The molecule has 1 heterocycles. The van der Waals surface area contributed by atoms with E-state index in [0.717, 1.165) is 13.0 Å². The van der Waals surface area contributed by atoms with Gasteiger partial charge in [0.1, 0.15) is 0 Å². The van der Waals surface area contributed by atoms with Crippen molar-refractivity contribution >= 4 is 18.3 Å². The van der Waals surface area contributed by atoms with Crippen LogP contribution in [0.1, 0.15) is 27.2 Å². The molecule has 2 unspecified atom stereocenters. The van der Waals surface area contributed by atoms with Crippen LogP contribution in [0.3, 0.4) is 0 Å². The number of hydrogen-bond acceptors (Lipinski definition) is 3. The first kappa shape index (κ1) is 14.7. The molecule has 1 rings (SSSR count). The van der Waals surface area contributed by atoms with Crippen LogP contribution in [0.2, 0.25) is 0 Å². The Kier molecular flexibility index (Phi) is 5.56. The Labute approximate surface area is 97.8 Å². The lowest BCUT2D eigenvalue weighted by atomic mass is 9.98. The van der Waals surface area contributed by atoms with Crippen molar-refractivity contribution in [3.63, 3.8) is 0 Å². The minimum absolute atomic E-state index is 0. The van der Waals surface area contributed by atoms with Crippen molar-refractivity contribution in [2.75, 3.05) is 13.1 Å². The maximum absolute atomic E-state index is 11.8. The number of nitrogens with two attached hydrogens (primary N) is 1. The fourth-order valence-corrected chi connectivity index (χ4v) is 1.69. The van der Waals surface area contributed by atoms with E-state index in [2.05, 4.69) is 10.6 Å². The van der Waals surface area contributed by atoms with Gasteiger partial charge in [0.2, 0.25) is 5.91 Å². The summed E-state index contributed by atoms with van der Waals surface area (Å²) < 4.78 is 0. The van der Waals surface area contributed by atoms with Crippen LogP contribution in [-0.4, -0.2) is 30.6 Å². The van der Waals surface area contributed by atoms with E-state index in [0.29, 0.717) is 6.54 Å². The van der Waals surface area contributed by atoms with Gasteiger partial charge in [-0.1, -0.05) is 0 Å². The topological polar surface area (TPSA) is 67.2 Å². The molecule has 1 saturated heterocycles. The molecule has 4 N–H and O–H groups in total. The third-order valence-electron chi connectivity index (χ3n) is 2.83. The molecule has 1 amide bonds. The molecule has 0 bridgehead atoms. The van der Waals surface area contributed by atoms with E-state index >= 15 is 0 Å². The predicted octanol–water partition coefficient (Wildman–Crippen LogP) is 0.260. The van der Waals surface area contributed by atoms with Crippen LogP contribution >= 0.6 is 12.4 Å². The van der Waals surface area contributed by atoms with Crippen LogP contribution in [0.15, 0.2) is 0 Å². The van der Waals surface area contributed by atoms with E-state index < -0.39 is 0 Å². The van der Waals surface area contributed by atoms with E-state index in [1.165, 1.54) is 0 Å². The van der Waals surface area contributed by atoms with Gasteiger partial charge in [-0.2, -0.15) is 0 Å². The van der Waals surface area contributed by atoms with E-state index in [-0.39, 0.29) is 35.8 Å². The van der Waals surface area contributed by atoms with Crippen molar-refractivity contribution in [2.45, 2.75) is 38.8 Å². The number of amides is 1. The molecule has 0 aromatic heterocycles. The number of halogens is 1. The Hall–Kier alpha value is -0.320. The summed E-state index contributed by atoms with van der Waals surface area (Å²) in [6.07, 6.45) is 0.924. The highest BCUT2D eigenvalue weighted by molar-refractivity contribution is 5.85. The summed E-state index contributed by atoms with van der Waals surface area (Å²) in [4.78, 5) is 11.8. The van der Waals surface area contributed by atoms with Crippen molar-refractivity contribution in [1.82, 2.24) is 10.6 Å². The van der Waals surface area contributed by atoms with Crippen LogP contribution in [-0.2, 0) is 4.79 Å². The molecule has 0 aliphatic carbocycles. The molecule has 4 nitrogen and oxygen atoms in total. The average Bonchev–Trinajstić information content (AvgIpc) is 2.51. The van der Waals surface area contributed by atoms with Crippen molar-refractivity contribution in [3.05, 3.63) is 0 Å². The van der Waals surface area contributed by atoms with Gasteiger partial charge >= 0.3 is 0 Å². The van der Waals surface area contributed by atoms with Crippen molar-refractivity contribution in [1.29, 1.82) is 0 Å². The average molecular weight is 236 g/mol. The number of carbonyl (C=O) groups is 1. The summed E-state index contributed by atoms with van der Waals surface area (Å²) in [7, 11) is 0. The Morgan fingerprint density at radius 3 is 2.60 bits per heavy atom. The molecule has 1 fully saturated rings. The summed E-state index contributed by atoms with van der Waals surface area (Å²) in [5.41, 5.74) is 5.27. The summed E-state index contributed by atoms with van der Waals surface area (Å²) in [5, 5.41) is 6.24. The fraction of sp³-hybridized carbons (Fsp3) is 0.900. The first-order valence-corrected chi connectivity index (χ1v) is 5.22. The van der Waals surface area contributed by atoms with Crippen LogP contribution < -0.4 is 16.4 Å². The van der Waals surface area contributed by atoms with E-state index in [4.69, 9.17) is 5.73 Å². The third kappa shape index (κ3) is 3.97. The second-order valence-corrected chi connectivity index (χ2v) is 4.72. The molecule has 1 aliphatic rings. The maximum Gasteiger partial charge on any atom is 0.225 e. The van der Waals surface area contributed by atoms with E-state index in [1.54, 1.807) is 0 Å². The quantitative estimate of drug-likeness (QED) is 0.658. The van der Waals surface area contributed by atoms with E-state index in [9.17, 15) is 4.79 Å². The highest BCUT2D eigenvalue weighted by atomic mass is 35.5. The molecule has 0 aromatic carbocycles. The van der Waals surface area contributed by atoms with Crippen molar-refractivity contribution in [2.24, 2.45) is 11.7 Å². The van der Waals surface area contributed by atoms with Crippen LogP contribution in [0.4, 0.5) is 0 Å². The van der Waals surface area contributed by atoms with Crippen LogP contribution in [0.5, 0.6) is 0 Å². The SMILES string of the molecule is CC1NCCC1C(=O)NC(C)(C)CN.Cl. The zero-order chi connectivity index (χ0) is 10.8. The zero-order valence-electron chi connectivity index (χ0n) is 9.67. The third-order valence-corrected chi connectivity index (χ3v) is 2.83. The standard InChI is InChI=1S/C10H21N3O.ClH/c1-7-8(4-5-12-7)9(14)13-10(2,3)6-11;/h7-8,12H,4-6,11H2,1-3H3,(H,13,14);1H. The van der Waals surface area contributed by atoms with E-state index in [1.807, 2.05) is 20.8 Å². The Bertz CT molecular complexity index is 221. The van der Waals surface area contributed by atoms with Gasteiger partial charge < -0.3 is 16.4 Å². The monoisotopic (exact) mass is 235 g/mol. The minimum Gasteiger partial charge on any atom is -0.350 e. The van der Waals surface area contributed by atoms with Crippen LogP contribution in [0.25, 0.3) is 0 Å². The number of carbonyl (C=O) groups excluding carboxylic acids is 1. The van der Waals surface area contributed by atoms with Gasteiger partial charge in [-0.25, -0.2) is 0 Å². The van der Waals surface area contributed by atoms with Crippen LogP contribution in [0, 0.1) is 5.92 Å². The summed E-state index contributed by atoms with van der Waals surface area (Å²) >= 11 is 0. The summed E-state index contributed by atoms with van der Waals surface area (Å²) in [6.45, 7) is 7.33. The van der Waals surface area contributed by atoms with Gasteiger partial charge in [0.25, 0.3) is 0 Å². The lowest BCUT2D eigenvalue weighted by molar-refractivity contribution is -0.126. The molecule has 0 spiro atoms. The highest BCUT2D eigenvalue weighted by Gasteiger charge is 2.31. The van der Waals surface area contributed by atoms with Gasteiger partial charge in [-0.05, 0) is 33.7 Å². The highest BCUT2D eigenvalue weighted by Crippen LogP contribution is 2.16. The molecule has 15 heavy (non-hydrogen) atoms. The van der Waals surface area contributed by atoms with Gasteiger partial charge in [0.05, 0.1) is 5.92 Å². The Morgan fingerprint density at radius 1 is 1.60 bits per heavy atom. The number of hydrogen-bond donors (Lipinski definition) is 3. The molecule has 0 aromatic rings. The fourth-order valence-electron chi connectivity index (χ4n) is 1.69. The first-order chi connectivity index (χ1) is 6.46. The largest absolute Gasteiger partial charge is 0.350 e. The molecular formula is C10H22ClN3O. The Balaban J connectivity index is 0.00000196.